The lowest BCUT2D eigenvalue weighted by Gasteiger charge is -2.32. The third kappa shape index (κ3) is 3.50. The zero-order valence-corrected chi connectivity index (χ0v) is 12.5. The predicted octanol–water partition coefficient (Wildman–Crippen LogP) is 2.13. The molecule has 5 heteroatoms. The largest absolute Gasteiger partial charge is 0.392 e. The first-order chi connectivity index (χ1) is 8.95. The molecular formula is C14H21N3OS. The third-order valence-corrected chi connectivity index (χ3v) is 3.92. The number of pyridine rings is 1. The van der Waals surface area contributed by atoms with Crippen LogP contribution in [0.1, 0.15) is 32.9 Å². The molecular weight excluding hydrogens is 258 g/mol. The van der Waals surface area contributed by atoms with Crippen molar-refractivity contribution in [2.24, 2.45) is 11.1 Å². The van der Waals surface area contributed by atoms with Crippen LogP contribution < -0.4 is 5.73 Å². The summed E-state index contributed by atoms with van der Waals surface area (Å²) in [5, 5.41) is 0. The quantitative estimate of drug-likeness (QED) is 0.810. The van der Waals surface area contributed by atoms with E-state index < -0.39 is 5.41 Å². The van der Waals surface area contributed by atoms with E-state index in [1.165, 1.54) is 0 Å². The molecule has 0 spiro atoms. The van der Waals surface area contributed by atoms with Crippen molar-refractivity contribution >= 4 is 23.1 Å². The molecule has 19 heavy (non-hydrogen) atoms. The molecule has 0 saturated heterocycles. The highest BCUT2D eigenvalue weighted by atomic mass is 32.1. The summed E-state index contributed by atoms with van der Waals surface area (Å²) in [6.07, 6.45) is 2.32. The molecule has 1 unspecified atom stereocenters. The van der Waals surface area contributed by atoms with E-state index in [4.69, 9.17) is 18.0 Å². The number of hydrogen-bond donors (Lipinski definition) is 1. The van der Waals surface area contributed by atoms with Crippen molar-refractivity contribution in [3.8, 4) is 0 Å². The molecule has 104 valence electrons. The van der Waals surface area contributed by atoms with Gasteiger partial charge in [0.05, 0.1) is 22.6 Å². The van der Waals surface area contributed by atoms with Crippen molar-refractivity contribution in [3.63, 3.8) is 0 Å². The van der Waals surface area contributed by atoms with Crippen LogP contribution in [0.5, 0.6) is 0 Å². The Morgan fingerprint density at radius 2 is 2.16 bits per heavy atom. The summed E-state index contributed by atoms with van der Waals surface area (Å²) in [5.41, 5.74) is 5.82. The van der Waals surface area contributed by atoms with E-state index in [1.807, 2.05) is 32.0 Å². The molecule has 0 aromatic carbocycles. The second-order valence-electron chi connectivity index (χ2n) is 4.69. The Kier molecular flexibility index (Phi) is 5.42. The van der Waals surface area contributed by atoms with Crippen LogP contribution in [0.2, 0.25) is 0 Å². The topological polar surface area (TPSA) is 59.2 Å². The molecule has 1 rings (SSSR count). The minimum Gasteiger partial charge on any atom is -0.392 e. The first-order valence-corrected chi connectivity index (χ1v) is 6.85. The molecule has 1 atom stereocenters. The minimum atomic E-state index is -0.778. The molecule has 0 bridgehead atoms. The highest BCUT2D eigenvalue weighted by molar-refractivity contribution is 7.80. The second-order valence-corrected chi connectivity index (χ2v) is 5.13. The monoisotopic (exact) mass is 279 g/mol. The van der Waals surface area contributed by atoms with Crippen molar-refractivity contribution in [2.45, 2.75) is 33.7 Å². The summed E-state index contributed by atoms with van der Waals surface area (Å²) in [6, 6.07) is 5.67. The smallest absolute Gasteiger partial charge is 0.235 e. The van der Waals surface area contributed by atoms with Gasteiger partial charge in [0, 0.05) is 12.7 Å². The number of nitrogens with two attached hydrogens (primary N) is 1. The summed E-state index contributed by atoms with van der Waals surface area (Å²) < 4.78 is 0. The number of hydrogen-bond acceptors (Lipinski definition) is 3. The zero-order chi connectivity index (χ0) is 14.5. The normalized spacial score (nSPS) is 13.6. The number of carbonyl (C=O) groups is 1. The van der Waals surface area contributed by atoms with Gasteiger partial charge in [0.1, 0.15) is 0 Å². The van der Waals surface area contributed by atoms with Gasteiger partial charge in [0.15, 0.2) is 0 Å². The maximum atomic E-state index is 12.6. The van der Waals surface area contributed by atoms with Crippen LogP contribution in [-0.4, -0.2) is 27.3 Å². The van der Waals surface area contributed by atoms with Crippen LogP contribution in [-0.2, 0) is 11.3 Å². The van der Waals surface area contributed by atoms with Gasteiger partial charge in [-0.1, -0.05) is 25.2 Å². The molecule has 0 fully saturated rings. The Balaban J connectivity index is 2.91. The van der Waals surface area contributed by atoms with Gasteiger partial charge < -0.3 is 10.6 Å². The van der Waals surface area contributed by atoms with Crippen LogP contribution >= 0.6 is 12.2 Å². The van der Waals surface area contributed by atoms with Crippen molar-refractivity contribution in [3.05, 3.63) is 30.1 Å². The molecule has 0 aliphatic heterocycles. The van der Waals surface area contributed by atoms with Gasteiger partial charge in [-0.15, -0.1) is 0 Å². The van der Waals surface area contributed by atoms with E-state index in [1.54, 1.807) is 18.0 Å². The fourth-order valence-corrected chi connectivity index (χ4v) is 2.03. The molecule has 4 nitrogen and oxygen atoms in total. The van der Waals surface area contributed by atoms with Gasteiger partial charge in [0.2, 0.25) is 5.91 Å². The van der Waals surface area contributed by atoms with Crippen LogP contribution in [0.4, 0.5) is 0 Å². The maximum Gasteiger partial charge on any atom is 0.235 e. The van der Waals surface area contributed by atoms with Gasteiger partial charge in [-0.05, 0) is 32.4 Å². The van der Waals surface area contributed by atoms with Gasteiger partial charge in [-0.2, -0.15) is 0 Å². The minimum absolute atomic E-state index is 0.0318. The molecule has 0 radical (unpaired) electrons. The molecule has 0 aliphatic rings. The summed E-state index contributed by atoms with van der Waals surface area (Å²) in [5.74, 6) is -0.0318. The average molecular weight is 279 g/mol. The lowest BCUT2D eigenvalue weighted by atomic mass is 9.85. The molecule has 0 aliphatic carbocycles. The van der Waals surface area contributed by atoms with Gasteiger partial charge in [-0.3, -0.25) is 9.78 Å². The lowest BCUT2D eigenvalue weighted by Crippen LogP contribution is -2.48. The van der Waals surface area contributed by atoms with E-state index in [0.29, 0.717) is 19.5 Å². The predicted molar refractivity (Wildman–Crippen MR) is 80.5 cm³/mol. The molecule has 1 heterocycles. The van der Waals surface area contributed by atoms with Crippen molar-refractivity contribution in [1.29, 1.82) is 0 Å². The summed E-state index contributed by atoms with van der Waals surface area (Å²) in [4.78, 5) is 18.8. The SMILES string of the molecule is CCN(Cc1ccccn1)C(=O)C(C)(CC)C(N)=S. The molecule has 2 N–H and O–H groups in total. The van der Waals surface area contributed by atoms with Crippen LogP contribution in [0.15, 0.2) is 24.4 Å². The zero-order valence-electron chi connectivity index (χ0n) is 11.7. The highest BCUT2D eigenvalue weighted by Crippen LogP contribution is 2.25. The molecule has 0 saturated carbocycles. The Morgan fingerprint density at radius 3 is 2.58 bits per heavy atom. The number of carbonyl (C=O) groups excluding carboxylic acids is 1. The first-order valence-electron chi connectivity index (χ1n) is 6.44. The van der Waals surface area contributed by atoms with Gasteiger partial charge >= 0.3 is 0 Å². The summed E-state index contributed by atoms with van der Waals surface area (Å²) in [7, 11) is 0. The number of aromatic nitrogens is 1. The fourth-order valence-electron chi connectivity index (χ4n) is 1.79. The van der Waals surface area contributed by atoms with Crippen molar-refractivity contribution in [1.82, 2.24) is 9.88 Å². The Morgan fingerprint density at radius 1 is 1.47 bits per heavy atom. The van der Waals surface area contributed by atoms with E-state index in [9.17, 15) is 4.79 Å². The van der Waals surface area contributed by atoms with Crippen molar-refractivity contribution in [2.75, 3.05) is 6.54 Å². The third-order valence-electron chi connectivity index (χ3n) is 3.47. The Bertz CT molecular complexity index is 449. The number of rotatable bonds is 6. The molecule has 1 amide bonds. The fraction of sp³-hybridized carbons (Fsp3) is 0.500. The Labute approximate surface area is 120 Å². The highest BCUT2D eigenvalue weighted by Gasteiger charge is 2.37. The van der Waals surface area contributed by atoms with Gasteiger partial charge in [-0.25, -0.2) is 0 Å². The number of thiocarbonyl (C=S) groups is 1. The Hall–Kier alpha value is -1.49. The number of amides is 1. The van der Waals surface area contributed by atoms with Crippen LogP contribution in [0.25, 0.3) is 0 Å². The number of nitrogens with zero attached hydrogens (tertiary/aromatic N) is 2. The van der Waals surface area contributed by atoms with Crippen LogP contribution in [0.3, 0.4) is 0 Å². The first kappa shape index (κ1) is 15.6. The summed E-state index contributed by atoms with van der Waals surface area (Å²) in [6.45, 7) is 6.75. The maximum absolute atomic E-state index is 12.6. The van der Waals surface area contributed by atoms with Crippen LogP contribution in [0, 0.1) is 5.41 Å². The molecule has 1 aromatic rings. The second kappa shape index (κ2) is 6.61. The van der Waals surface area contributed by atoms with E-state index in [2.05, 4.69) is 4.98 Å². The van der Waals surface area contributed by atoms with E-state index in [0.717, 1.165) is 5.69 Å². The van der Waals surface area contributed by atoms with E-state index in [-0.39, 0.29) is 10.9 Å². The van der Waals surface area contributed by atoms with Gasteiger partial charge in [0.25, 0.3) is 0 Å². The lowest BCUT2D eigenvalue weighted by molar-refractivity contribution is -0.138. The summed E-state index contributed by atoms with van der Waals surface area (Å²) >= 11 is 5.05. The van der Waals surface area contributed by atoms with Crippen molar-refractivity contribution < 1.29 is 4.79 Å². The average Bonchev–Trinajstić information content (AvgIpc) is 2.43. The van der Waals surface area contributed by atoms with E-state index >= 15 is 0 Å². The molecule has 1 aromatic heterocycles. The standard InChI is InChI=1S/C14H21N3OS/c1-4-14(3,12(15)19)13(18)17(5-2)10-11-8-6-7-9-16-11/h6-9H,4-5,10H2,1-3H3,(H2,15,19).